The van der Waals surface area contributed by atoms with Gasteiger partial charge < -0.3 is 6.16 Å². The number of ether oxygens (including phenoxy) is 1. The Labute approximate surface area is 130 Å². The summed E-state index contributed by atoms with van der Waals surface area (Å²) in [5.41, 5.74) is -0.637. The van der Waals surface area contributed by atoms with E-state index in [1.165, 1.54) is 24.3 Å². The monoisotopic (exact) mass is 282 g/mol. The summed E-state index contributed by atoms with van der Waals surface area (Å²) >= 11 is 0. The van der Waals surface area contributed by atoms with Gasteiger partial charge in [0.1, 0.15) is 5.75 Å². The first-order chi connectivity index (χ1) is 7.60. The van der Waals surface area contributed by atoms with Crippen molar-refractivity contribution in [3.63, 3.8) is 0 Å². The molecule has 0 saturated heterocycles. The van der Waals surface area contributed by atoms with Crippen molar-refractivity contribution in [3.05, 3.63) is 24.3 Å². The molecule has 7 heteroatoms. The van der Waals surface area contributed by atoms with Crippen LogP contribution in [0.5, 0.6) is 5.75 Å². The SMILES string of the molecule is CC(C)(C)C(=O)Oc1ccc(S(=O)(=O)O)cc1.[H-].[Na+]. The molecule has 1 aromatic carbocycles. The van der Waals surface area contributed by atoms with E-state index in [0.29, 0.717) is 0 Å². The zero-order valence-electron chi connectivity index (χ0n) is 11.8. The maximum absolute atomic E-state index is 11.5. The van der Waals surface area contributed by atoms with Crippen molar-refractivity contribution in [2.45, 2.75) is 25.7 Å². The molecule has 18 heavy (non-hydrogen) atoms. The number of benzene rings is 1. The van der Waals surface area contributed by atoms with E-state index in [1.807, 2.05) is 0 Å². The third-order valence-electron chi connectivity index (χ3n) is 1.94. The van der Waals surface area contributed by atoms with E-state index in [-0.39, 0.29) is 41.6 Å². The molecule has 0 aliphatic rings. The Bertz CT molecular complexity index is 519. The summed E-state index contributed by atoms with van der Waals surface area (Å²) in [4.78, 5) is 11.3. The van der Waals surface area contributed by atoms with E-state index >= 15 is 0 Å². The van der Waals surface area contributed by atoms with Gasteiger partial charge >= 0.3 is 35.5 Å². The number of hydrogen-bond acceptors (Lipinski definition) is 4. The quantitative estimate of drug-likeness (QED) is 0.326. The minimum atomic E-state index is -4.22. The number of esters is 1. The summed E-state index contributed by atoms with van der Waals surface area (Å²) in [6.07, 6.45) is 0. The molecular weight excluding hydrogens is 267 g/mol. The molecule has 1 rings (SSSR count). The fourth-order valence-corrected chi connectivity index (χ4v) is 1.42. The molecular formula is C11H15NaO5S. The van der Waals surface area contributed by atoms with Crippen molar-refractivity contribution in [2.75, 3.05) is 0 Å². The van der Waals surface area contributed by atoms with Gasteiger partial charge in [-0.1, -0.05) is 0 Å². The van der Waals surface area contributed by atoms with Gasteiger partial charge in [-0.25, -0.2) is 0 Å². The summed E-state index contributed by atoms with van der Waals surface area (Å²) in [5.74, 6) is -0.186. The van der Waals surface area contributed by atoms with Crippen LogP contribution in [0.4, 0.5) is 0 Å². The number of hydrogen-bond donors (Lipinski definition) is 1. The zero-order chi connectivity index (χ0) is 13.3. The number of rotatable bonds is 2. The molecule has 1 N–H and O–H groups in total. The van der Waals surface area contributed by atoms with Gasteiger partial charge in [-0.3, -0.25) is 9.35 Å². The second-order valence-corrected chi connectivity index (χ2v) is 6.01. The van der Waals surface area contributed by atoms with Gasteiger partial charge in [-0.2, -0.15) is 8.42 Å². The van der Waals surface area contributed by atoms with Crippen LogP contribution in [0.15, 0.2) is 29.2 Å². The van der Waals surface area contributed by atoms with Crippen molar-refractivity contribution >= 4 is 16.1 Å². The molecule has 0 atom stereocenters. The van der Waals surface area contributed by atoms with Gasteiger partial charge in [-0.15, -0.1) is 0 Å². The molecule has 0 bridgehead atoms. The molecule has 0 aromatic heterocycles. The van der Waals surface area contributed by atoms with Crippen molar-refractivity contribution in [1.29, 1.82) is 0 Å². The average molecular weight is 282 g/mol. The smallest absolute Gasteiger partial charge is 1.00 e. The fraction of sp³-hybridized carbons (Fsp3) is 0.364. The van der Waals surface area contributed by atoms with E-state index in [0.717, 1.165) is 0 Å². The van der Waals surface area contributed by atoms with Gasteiger partial charge in [-0.05, 0) is 45.0 Å². The van der Waals surface area contributed by atoms with E-state index < -0.39 is 21.5 Å². The molecule has 0 radical (unpaired) electrons. The van der Waals surface area contributed by atoms with Crippen LogP contribution in [0.2, 0.25) is 0 Å². The summed E-state index contributed by atoms with van der Waals surface area (Å²) in [5, 5.41) is 0. The Hall–Kier alpha value is -0.400. The van der Waals surface area contributed by atoms with Crippen LogP contribution < -0.4 is 34.3 Å². The van der Waals surface area contributed by atoms with Crippen LogP contribution in [0.1, 0.15) is 22.2 Å². The van der Waals surface area contributed by atoms with Crippen LogP contribution in [-0.4, -0.2) is 18.9 Å². The Balaban J connectivity index is 0. The molecule has 0 aliphatic carbocycles. The first-order valence-corrected chi connectivity index (χ1v) is 6.34. The van der Waals surface area contributed by atoms with Gasteiger partial charge in [0.25, 0.3) is 10.1 Å². The fourth-order valence-electron chi connectivity index (χ4n) is 0.940. The normalized spacial score (nSPS) is 11.6. The molecule has 0 aliphatic heterocycles. The Morgan fingerprint density at radius 3 is 2.00 bits per heavy atom. The minimum Gasteiger partial charge on any atom is -1.00 e. The van der Waals surface area contributed by atoms with Gasteiger partial charge in [0.15, 0.2) is 0 Å². The predicted molar refractivity (Wildman–Crippen MR) is 62.5 cm³/mol. The average Bonchev–Trinajstić information content (AvgIpc) is 2.15. The van der Waals surface area contributed by atoms with Gasteiger partial charge in [0.05, 0.1) is 10.3 Å². The molecule has 0 spiro atoms. The summed E-state index contributed by atoms with van der Waals surface area (Å²) in [7, 11) is -4.22. The minimum absolute atomic E-state index is 0. The van der Waals surface area contributed by atoms with Crippen molar-refractivity contribution in [3.8, 4) is 5.75 Å². The molecule has 0 amide bonds. The van der Waals surface area contributed by atoms with Crippen molar-refractivity contribution in [1.82, 2.24) is 0 Å². The summed E-state index contributed by atoms with van der Waals surface area (Å²) < 4.78 is 35.3. The largest absolute Gasteiger partial charge is 1.00 e. The van der Waals surface area contributed by atoms with Crippen molar-refractivity contribution in [2.24, 2.45) is 5.41 Å². The maximum atomic E-state index is 11.5. The van der Waals surface area contributed by atoms with E-state index in [4.69, 9.17) is 9.29 Å². The topological polar surface area (TPSA) is 80.7 Å². The first kappa shape index (κ1) is 17.6. The first-order valence-electron chi connectivity index (χ1n) is 4.90. The molecule has 0 unspecified atom stereocenters. The Morgan fingerprint density at radius 1 is 1.22 bits per heavy atom. The van der Waals surface area contributed by atoms with Crippen LogP contribution >= 0.6 is 0 Å². The number of carbonyl (C=O) groups is 1. The Kier molecular flexibility index (Phi) is 6.03. The van der Waals surface area contributed by atoms with E-state index in [1.54, 1.807) is 20.8 Å². The summed E-state index contributed by atoms with van der Waals surface area (Å²) in [6, 6.07) is 4.96. The molecule has 0 heterocycles. The predicted octanol–water partition coefficient (Wildman–Crippen LogP) is -0.999. The van der Waals surface area contributed by atoms with Crippen LogP contribution in [0, 0.1) is 5.41 Å². The third kappa shape index (κ3) is 5.07. The van der Waals surface area contributed by atoms with Gasteiger partial charge in [0, 0.05) is 0 Å². The van der Waals surface area contributed by atoms with E-state index in [2.05, 4.69) is 0 Å². The molecule has 0 saturated carbocycles. The van der Waals surface area contributed by atoms with E-state index in [9.17, 15) is 13.2 Å². The summed E-state index contributed by atoms with van der Waals surface area (Å²) in [6.45, 7) is 5.13. The second kappa shape index (κ2) is 6.16. The van der Waals surface area contributed by atoms with Crippen molar-refractivity contribution < 1.29 is 53.5 Å². The molecule has 5 nitrogen and oxygen atoms in total. The second-order valence-electron chi connectivity index (χ2n) is 4.59. The van der Waals surface area contributed by atoms with Crippen LogP contribution in [-0.2, 0) is 14.9 Å². The number of carbonyl (C=O) groups excluding carboxylic acids is 1. The molecule has 1 aromatic rings. The maximum Gasteiger partial charge on any atom is 1.00 e. The van der Waals surface area contributed by atoms with Crippen LogP contribution in [0.25, 0.3) is 0 Å². The standard InChI is InChI=1S/C11H14O5S.Na.H/c1-11(2,3)10(12)16-8-4-6-9(7-5-8)17(13,14)15;;/h4-7H,1-3H3,(H,13,14,15);;/q;+1;-1. The third-order valence-corrected chi connectivity index (χ3v) is 2.81. The van der Waals surface area contributed by atoms with Crippen LogP contribution in [0.3, 0.4) is 0 Å². The molecule has 0 fully saturated rings. The Morgan fingerprint density at radius 2 is 1.67 bits per heavy atom. The zero-order valence-corrected chi connectivity index (χ0v) is 13.6. The molecule has 96 valence electrons. The van der Waals surface area contributed by atoms with Gasteiger partial charge in [0.2, 0.25) is 0 Å².